The summed E-state index contributed by atoms with van der Waals surface area (Å²) in [5.41, 5.74) is 0.699. The van der Waals surface area contributed by atoms with Crippen molar-refractivity contribution in [3.63, 3.8) is 0 Å². The first kappa shape index (κ1) is 16.8. The van der Waals surface area contributed by atoms with Crippen molar-refractivity contribution in [2.45, 2.75) is 39.2 Å². The van der Waals surface area contributed by atoms with E-state index in [1.54, 1.807) is 0 Å². The van der Waals surface area contributed by atoms with Crippen LogP contribution >= 0.6 is 0 Å². The molecule has 2 aliphatic rings. The Bertz CT molecular complexity index is 872. The molecule has 2 atom stereocenters. The Morgan fingerprint density at radius 1 is 0.923 bits per heavy atom. The zero-order valence-electron chi connectivity index (χ0n) is 15.3. The smallest absolute Gasteiger partial charge is 0.313 e. The molecule has 2 fully saturated rings. The molecule has 1 amide bonds. The Hall–Kier alpha value is -2.62. The van der Waals surface area contributed by atoms with E-state index in [1.807, 2.05) is 75.4 Å². The highest BCUT2D eigenvalue weighted by Gasteiger charge is 2.75. The van der Waals surface area contributed by atoms with E-state index in [9.17, 15) is 9.59 Å². The van der Waals surface area contributed by atoms with Crippen LogP contribution in [0.2, 0.25) is 0 Å². The standard InChI is InChI=1S/C22H23NO3/c1-20(2)21(3)13-14-22(20,26-19(21)25)18(24)23-17-11-9-16(10-12-17)15-7-5-4-6-8-15/h4-12H,13-14H2,1-3H3,(H,23,24). The molecule has 4 heteroatoms. The molecule has 134 valence electrons. The Morgan fingerprint density at radius 2 is 1.54 bits per heavy atom. The number of esters is 1. The second-order valence-corrected chi connectivity index (χ2v) is 8.07. The van der Waals surface area contributed by atoms with Crippen molar-refractivity contribution in [2.75, 3.05) is 5.32 Å². The third-order valence-electron chi connectivity index (χ3n) is 6.70. The molecule has 1 saturated heterocycles. The van der Waals surface area contributed by atoms with Crippen molar-refractivity contribution in [2.24, 2.45) is 10.8 Å². The van der Waals surface area contributed by atoms with Gasteiger partial charge in [0.05, 0.1) is 5.41 Å². The Kier molecular flexibility index (Phi) is 3.52. The molecular formula is C22H23NO3. The number of carbonyl (C=O) groups excluding carboxylic acids is 2. The molecule has 26 heavy (non-hydrogen) atoms. The highest BCUT2D eigenvalue weighted by molar-refractivity contribution is 6.03. The van der Waals surface area contributed by atoms with E-state index in [2.05, 4.69) is 5.32 Å². The fraction of sp³-hybridized carbons (Fsp3) is 0.364. The van der Waals surface area contributed by atoms with Crippen LogP contribution < -0.4 is 5.32 Å². The fourth-order valence-corrected chi connectivity index (χ4v) is 4.36. The minimum atomic E-state index is -1.09. The first-order valence-electron chi connectivity index (χ1n) is 9.01. The second-order valence-electron chi connectivity index (χ2n) is 8.07. The molecule has 0 spiro atoms. The highest BCUT2D eigenvalue weighted by atomic mass is 16.6. The summed E-state index contributed by atoms with van der Waals surface area (Å²) in [4.78, 5) is 25.4. The van der Waals surface area contributed by atoms with E-state index in [-0.39, 0.29) is 11.9 Å². The van der Waals surface area contributed by atoms with Crippen molar-refractivity contribution in [1.82, 2.24) is 0 Å². The van der Waals surface area contributed by atoms with E-state index in [0.717, 1.165) is 11.1 Å². The van der Waals surface area contributed by atoms with Crippen LogP contribution in [0.1, 0.15) is 33.6 Å². The molecule has 0 aromatic heterocycles. The largest absolute Gasteiger partial charge is 0.448 e. The number of nitrogens with one attached hydrogen (secondary N) is 1. The minimum absolute atomic E-state index is 0.232. The molecule has 2 aromatic rings. The fourth-order valence-electron chi connectivity index (χ4n) is 4.36. The van der Waals surface area contributed by atoms with Crippen molar-refractivity contribution in [3.8, 4) is 11.1 Å². The molecular weight excluding hydrogens is 326 g/mol. The summed E-state index contributed by atoms with van der Waals surface area (Å²) < 4.78 is 5.64. The van der Waals surface area contributed by atoms with Gasteiger partial charge < -0.3 is 10.1 Å². The molecule has 0 radical (unpaired) electrons. The zero-order valence-corrected chi connectivity index (χ0v) is 15.3. The van der Waals surface area contributed by atoms with Crippen molar-refractivity contribution in [1.29, 1.82) is 0 Å². The summed E-state index contributed by atoms with van der Waals surface area (Å²) in [6, 6.07) is 17.8. The molecule has 1 N–H and O–H groups in total. The SMILES string of the molecule is CC12CCC(C(=O)Nc3ccc(-c4ccccc4)cc3)(OC1=O)C2(C)C. The van der Waals surface area contributed by atoms with Gasteiger partial charge in [0, 0.05) is 11.1 Å². The summed E-state index contributed by atoms with van der Waals surface area (Å²) in [5.74, 6) is -0.493. The Labute approximate surface area is 153 Å². The van der Waals surface area contributed by atoms with Crippen molar-refractivity contribution in [3.05, 3.63) is 54.6 Å². The number of rotatable bonds is 3. The predicted molar refractivity (Wildman–Crippen MR) is 100 cm³/mol. The molecule has 1 heterocycles. The average molecular weight is 349 g/mol. The van der Waals surface area contributed by atoms with Crippen LogP contribution in [0.3, 0.4) is 0 Å². The number of fused-ring (bicyclic) bond motifs is 2. The zero-order chi connectivity index (χ0) is 18.6. The van der Waals surface area contributed by atoms with Crippen LogP contribution in [0, 0.1) is 10.8 Å². The molecule has 1 saturated carbocycles. The number of hydrogen-bond donors (Lipinski definition) is 1. The van der Waals surface area contributed by atoms with Crippen LogP contribution in [0.4, 0.5) is 5.69 Å². The maximum Gasteiger partial charge on any atom is 0.313 e. The van der Waals surface area contributed by atoms with Crippen LogP contribution in [-0.2, 0) is 14.3 Å². The van der Waals surface area contributed by atoms with Crippen LogP contribution in [-0.4, -0.2) is 17.5 Å². The van der Waals surface area contributed by atoms with Gasteiger partial charge in [-0.1, -0.05) is 56.3 Å². The summed E-state index contributed by atoms with van der Waals surface area (Å²) in [6.45, 7) is 5.83. The van der Waals surface area contributed by atoms with Gasteiger partial charge in [-0.05, 0) is 43.0 Å². The molecule has 1 aliphatic heterocycles. The van der Waals surface area contributed by atoms with Gasteiger partial charge in [0.25, 0.3) is 5.91 Å². The van der Waals surface area contributed by atoms with E-state index in [0.29, 0.717) is 18.5 Å². The number of benzene rings is 2. The van der Waals surface area contributed by atoms with Crippen molar-refractivity contribution >= 4 is 17.6 Å². The topological polar surface area (TPSA) is 55.4 Å². The summed E-state index contributed by atoms with van der Waals surface area (Å²) in [6.07, 6.45) is 1.25. The average Bonchev–Trinajstić information content (AvgIpc) is 2.93. The molecule has 2 bridgehead atoms. The lowest BCUT2D eigenvalue weighted by Crippen LogP contribution is -2.50. The Morgan fingerprint density at radius 3 is 2.08 bits per heavy atom. The van der Waals surface area contributed by atoms with Crippen LogP contribution in [0.15, 0.2) is 54.6 Å². The number of anilines is 1. The van der Waals surface area contributed by atoms with Gasteiger partial charge in [-0.2, -0.15) is 0 Å². The van der Waals surface area contributed by atoms with Gasteiger partial charge in [0.1, 0.15) is 0 Å². The maximum absolute atomic E-state index is 13.1. The third kappa shape index (κ3) is 2.08. The number of ether oxygens (including phenoxy) is 1. The quantitative estimate of drug-likeness (QED) is 0.835. The van der Waals surface area contributed by atoms with Gasteiger partial charge >= 0.3 is 5.97 Å². The number of carbonyl (C=O) groups is 2. The summed E-state index contributed by atoms with van der Waals surface area (Å²) in [7, 11) is 0. The maximum atomic E-state index is 13.1. The van der Waals surface area contributed by atoms with Gasteiger partial charge in [-0.3, -0.25) is 9.59 Å². The highest BCUT2D eigenvalue weighted by Crippen LogP contribution is 2.65. The summed E-state index contributed by atoms with van der Waals surface area (Å²) >= 11 is 0. The predicted octanol–water partition coefficient (Wildman–Crippen LogP) is 4.41. The molecule has 2 aromatic carbocycles. The molecule has 4 rings (SSSR count). The minimum Gasteiger partial charge on any atom is -0.448 e. The van der Waals surface area contributed by atoms with Gasteiger partial charge in [-0.15, -0.1) is 0 Å². The third-order valence-corrected chi connectivity index (χ3v) is 6.70. The van der Waals surface area contributed by atoms with Gasteiger partial charge in [-0.25, -0.2) is 0 Å². The van der Waals surface area contributed by atoms with E-state index >= 15 is 0 Å². The first-order chi connectivity index (χ1) is 12.3. The molecule has 4 nitrogen and oxygen atoms in total. The van der Waals surface area contributed by atoms with Crippen LogP contribution in [0.5, 0.6) is 0 Å². The van der Waals surface area contributed by atoms with Crippen LogP contribution in [0.25, 0.3) is 11.1 Å². The van der Waals surface area contributed by atoms with E-state index in [1.165, 1.54) is 0 Å². The Balaban J connectivity index is 1.57. The van der Waals surface area contributed by atoms with Gasteiger partial charge in [0.15, 0.2) is 5.60 Å². The number of amides is 1. The molecule has 1 aliphatic carbocycles. The second kappa shape index (κ2) is 5.44. The van der Waals surface area contributed by atoms with Crippen molar-refractivity contribution < 1.29 is 14.3 Å². The lowest BCUT2D eigenvalue weighted by molar-refractivity contribution is -0.165. The van der Waals surface area contributed by atoms with Gasteiger partial charge in [0.2, 0.25) is 0 Å². The lowest BCUT2D eigenvalue weighted by Gasteiger charge is -2.35. The number of hydrogen-bond acceptors (Lipinski definition) is 3. The lowest BCUT2D eigenvalue weighted by atomic mass is 9.66. The van der Waals surface area contributed by atoms with E-state index in [4.69, 9.17) is 4.74 Å². The normalized spacial score (nSPS) is 28.7. The first-order valence-corrected chi connectivity index (χ1v) is 9.01. The monoisotopic (exact) mass is 349 g/mol. The summed E-state index contributed by atoms with van der Waals surface area (Å²) in [5, 5.41) is 2.96. The molecule has 2 unspecified atom stereocenters. The van der Waals surface area contributed by atoms with E-state index < -0.39 is 16.4 Å².